The van der Waals surface area contributed by atoms with Crippen LogP contribution in [0.2, 0.25) is 0 Å². The molecule has 0 atom stereocenters. The van der Waals surface area contributed by atoms with Crippen molar-refractivity contribution in [2.24, 2.45) is 0 Å². The molecule has 0 radical (unpaired) electrons. The van der Waals surface area contributed by atoms with Gasteiger partial charge in [0.05, 0.1) is 6.10 Å². The van der Waals surface area contributed by atoms with Gasteiger partial charge in [0, 0.05) is 32.9 Å². The van der Waals surface area contributed by atoms with Crippen LogP contribution in [0.1, 0.15) is 48.0 Å². The number of ether oxygens (including phenoxy) is 1. The summed E-state index contributed by atoms with van der Waals surface area (Å²) >= 11 is 0. The predicted octanol–water partition coefficient (Wildman–Crippen LogP) is 1.26. The molecule has 1 heterocycles. The highest BCUT2D eigenvalue weighted by Gasteiger charge is 2.55. The lowest BCUT2D eigenvalue weighted by atomic mass is 9.73. The molecule has 2 aliphatic rings. The minimum Gasteiger partial charge on any atom is -0.479 e. The largest absolute Gasteiger partial charge is 0.479 e. The fourth-order valence-electron chi connectivity index (χ4n) is 2.72. The summed E-state index contributed by atoms with van der Waals surface area (Å²) in [7, 11) is 3.03. The van der Waals surface area contributed by atoms with Gasteiger partial charge >= 0.3 is 5.97 Å². The molecule has 0 aliphatic heterocycles. The van der Waals surface area contributed by atoms with E-state index in [2.05, 4.69) is 4.98 Å². The van der Waals surface area contributed by atoms with Crippen molar-refractivity contribution in [3.63, 3.8) is 0 Å². The van der Waals surface area contributed by atoms with E-state index in [0.29, 0.717) is 11.8 Å². The molecule has 2 fully saturated rings. The van der Waals surface area contributed by atoms with Gasteiger partial charge in [-0.25, -0.2) is 9.78 Å². The van der Waals surface area contributed by atoms with Crippen LogP contribution < -0.4 is 0 Å². The van der Waals surface area contributed by atoms with Gasteiger partial charge in [-0.3, -0.25) is 4.79 Å². The standard InChI is InChI=1S/C14H18N2O5/c1-16(14(13(18)19)5-9(6-14)20-2)12(17)10-7-21-11(15-10)8-3-4-8/h7-9H,3-6H2,1-2H3,(H,18,19). The molecular weight excluding hydrogens is 276 g/mol. The number of oxazole rings is 1. The molecule has 3 rings (SSSR count). The molecular formula is C14H18N2O5. The number of aromatic nitrogens is 1. The molecule has 2 saturated carbocycles. The third-order valence-corrected chi connectivity index (χ3v) is 4.48. The van der Waals surface area contributed by atoms with Crippen molar-refractivity contribution >= 4 is 11.9 Å². The molecule has 7 nitrogen and oxygen atoms in total. The Hall–Kier alpha value is -1.89. The van der Waals surface area contributed by atoms with E-state index in [9.17, 15) is 14.7 Å². The summed E-state index contributed by atoms with van der Waals surface area (Å²) in [5.41, 5.74) is -1.04. The summed E-state index contributed by atoms with van der Waals surface area (Å²) in [5.74, 6) is -0.563. The Bertz CT molecular complexity index is 572. The Balaban J connectivity index is 1.77. The number of nitrogens with zero attached hydrogens (tertiary/aromatic N) is 2. The van der Waals surface area contributed by atoms with E-state index < -0.39 is 17.4 Å². The second kappa shape index (κ2) is 4.84. The average Bonchev–Trinajstić information content (AvgIpc) is 3.14. The Morgan fingerprint density at radius 3 is 2.67 bits per heavy atom. The zero-order chi connectivity index (χ0) is 15.2. The highest BCUT2D eigenvalue weighted by atomic mass is 16.5. The van der Waals surface area contributed by atoms with Gasteiger partial charge in [-0.1, -0.05) is 0 Å². The number of amides is 1. The van der Waals surface area contributed by atoms with E-state index >= 15 is 0 Å². The molecule has 0 aromatic carbocycles. The van der Waals surface area contributed by atoms with Gasteiger partial charge in [0.15, 0.2) is 11.6 Å². The molecule has 1 N–H and O–H groups in total. The molecule has 2 aliphatic carbocycles. The zero-order valence-corrected chi connectivity index (χ0v) is 12.0. The van der Waals surface area contributed by atoms with Gasteiger partial charge in [0.25, 0.3) is 5.91 Å². The summed E-state index contributed by atoms with van der Waals surface area (Å²) in [6.45, 7) is 0. The number of likely N-dealkylation sites (N-methyl/N-ethyl adjacent to an activating group) is 1. The number of methoxy groups -OCH3 is 1. The van der Waals surface area contributed by atoms with Crippen LogP contribution in [-0.2, 0) is 9.53 Å². The van der Waals surface area contributed by atoms with Crippen LogP contribution in [0.15, 0.2) is 10.7 Å². The maximum atomic E-state index is 12.4. The Morgan fingerprint density at radius 1 is 1.48 bits per heavy atom. The molecule has 21 heavy (non-hydrogen) atoms. The number of hydrogen-bond acceptors (Lipinski definition) is 5. The van der Waals surface area contributed by atoms with Crippen LogP contribution in [0.3, 0.4) is 0 Å². The molecule has 0 bridgehead atoms. The monoisotopic (exact) mass is 294 g/mol. The number of carbonyl (C=O) groups excluding carboxylic acids is 1. The molecule has 1 amide bonds. The van der Waals surface area contributed by atoms with Gasteiger partial charge in [0.1, 0.15) is 11.8 Å². The van der Waals surface area contributed by atoms with E-state index in [4.69, 9.17) is 9.15 Å². The predicted molar refractivity (Wildman–Crippen MR) is 71.0 cm³/mol. The van der Waals surface area contributed by atoms with E-state index in [1.165, 1.54) is 25.3 Å². The lowest BCUT2D eigenvalue weighted by molar-refractivity contribution is -0.165. The molecule has 114 valence electrons. The maximum Gasteiger partial charge on any atom is 0.329 e. The summed E-state index contributed by atoms with van der Waals surface area (Å²) < 4.78 is 10.4. The first-order chi connectivity index (χ1) is 9.98. The van der Waals surface area contributed by atoms with Crippen molar-refractivity contribution in [2.75, 3.05) is 14.2 Å². The third-order valence-electron chi connectivity index (χ3n) is 4.48. The zero-order valence-electron chi connectivity index (χ0n) is 12.0. The van der Waals surface area contributed by atoms with E-state index in [0.717, 1.165) is 12.8 Å². The number of aliphatic carboxylic acids is 1. The van der Waals surface area contributed by atoms with Crippen LogP contribution in [0.25, 0.3) is 0 Å². The Labute approximate surface area is 121 Å². The number of hydrogen-bond donors (Lipinski definition) is 1. The van der Waals surface area contributed by atoms with Gasteiger partial charge in [-0.2, -0.15) is 0 Å². The lowest BCUT2D eigenvalue weighted by Gasteiger charge is -2.48. The highest BCUT2D eigenvalue weighted by Crippen LogP contribution is 2.41. The summed E-state index contributed by atoms with van der Waals surface area (Å²) in [4.78, 5) is 29.4. The van der Waals surface area contributed by atoms with Crippen molar-refractivity contribution in [3.05, 3.63) is 17.8 Å². The summed E-state index contributed by atoms with van der Waals surface area (Å²) in [6, 6.07) is 0. The summed E-state index contributed by atoms with van der Waals surface area (Å²) in [6.07, 6.45) is 3.81. The molecule has 1 aromatic rings. The van der Waals surface area contributed by atoms with Crippen LogP contribution in [-0.4, -0.2) is 52.7 Å². The van der Waals surface area contributed by atoms with E-state index in [1.54, 1.807) is 0 Å². The number of rotatable bonds is 5. The second-order valence-electron chi connectivity index (χ2n) is 5.81. The first-order valence-electron chi connectivity index (χ1n) is 6.97. The molecule has 1 aromatic heterocycles. The smallest absolute Gasteiger partial charge is 0.329 e. The molecule has 0 saturated heterocycles. The molecule has 7 heteroatoms. The Morgan fingerprint density at radius 2 is 2.14 bits per heavy atom. The van der Waals surface area contributed by atoms with Gasteiger partial charge in [0.2, 0.25) is 0 Å². The van der Waals surface area contributed by atoms with E-state index in [1.807, 2.05) is 0 Å². The quantitative estimate of drug-likeness (QED) is 0.878. The first-order valence-corrected chi connectivity index (χ1v) is 6.97. The van der Waals surface area contributed by atoms with Gasteiger partial charge in [-0.05, 0) is 12.8 Å². The Kier molecular flexibility index (Phi) is 3.24. The fourth-order valence-corrected chi connectivity index (χ4v) is 2.72. The van der Waals surface area contributed by atoms with E-state index in [-0.39, 0.29) is 24.6 Å². The highest BCUT2D eigenvalue weighted by molar-refractivity contribution is 5.96. The summed E-state index contributed by atoms with van der Waals surface area (Å²) in [5, 5.41) is 9.47. The van der Waals surface area contributed by atoms with Crippen LogP contribution >= 0.6 is 0 Å². The third kappa shape index (κ3) is 2.21. The number of carbonyl (C=O) groups is 2. The molecule has 0 spiro atoms. The van der Waals surface area contributed by atoms with Crippen LogP contribution in [0.4, 0.5) is 0 Å². The maximum absolute atomic E-state index is 12.4. The van der Waals surface area contributed by atoms with Gasteiger partial charge in [-0.15, -0.1) is 0 Å². The topological polar surface area (TPSA) is 92.9 Å². The fraction of sp³-hybridized carbons (Fsp3) is 0.643. The SMILES string of the molecule is COC1CC(C(=O)O)(N(C)C(=O)c2coc(C3CC3)n2)C1. The minimum atomic E-state index is -1.21. The van der Waals surface area contributed by atoms with Crippen LogP contribution in [0, 0.1) is 0 Å². The first kappa shape index (κ1) is 14.1. The lowest BCUT2D eigenvalue weighted by Crippen LogP contribution is -2.65. The second-order valence-corrected chi connectivity index (χ2v) is 5.81. The van der Waals surface area contributed by atoms with Crippen molar-refractivity contribution in [2.45, 2.75) is 43.2 Å². The number of carboxylic acid groups (broad SMARTS) is 1. The molecule has 0 unspecified atom stereocenters. The van der Waals surface area contributed by atoms with Crippen molar-refractivity contribution in [1.29, 1.82) is 0 Å². The van der Waals surface area contributed by atoms with Crippen molar-refractivity contribution in [3.8, 4) is 0 Å². The number of carboxylic acids is 1. The van der Waals surface area contributed by atoms with Crippen molar-refractivity contribution < 1.29 is 23.8 Å². The minimum absolute atomic E-state index is 0.129. The average molecular weight is 294 g/mol. The van der Waals surface area contributed by atoms with Gasteiger partial charge < -0.3 is 19.2 Å². The van der Waals surface area contributed by atoms with Crippen LogP contribution in [0.5, 0.6) is 0 Å². The normalized spacial score (nSPS) is 28.0. The van der Waals surface area contributed by atoms with Crippen molar-refractivity contribution in [1.82, 2.24) is 9.88 Å².